The Hall–Kier alpha value is -1.19. The summed E-state index contributed by atoms with van der Waals surface area (Å²) in [6.45, 7) is 2.04. The fraction of sp³-hybridized carbons (Fsp3) is 0.250. The molecule has 0 heterocycles. The van der Waals surface area contributed by atoms with Gasteiger partial charge in [-0.2, -0.15) is 0 Å². The summed E-state index contributed by atoms with van der Waals surface area (Å²) >= 11 is 3.29. The third-order valence-corrected chi connectivity index (χ3v) is 3.76. The van der Waals surface area contributed by atoms with Crippen molar-refractivity contribution in [3.63, 3.8) is 0 Å². The third-order valence-electron chi connectivity index (χ3n) is 3.27. The number of hydrogen-bond acceptors (Lipinski definition) is 1. The van der Waals surface area contributed by atoms with E-state index < -0.39 is 6.10 Å². The Morgan fingerprint density at radius 3 is 2.68 bits per heavy atom. The van der Waals surface area contributed by atoms with Crippen molar-refractivity contribution in [3.8, 4) is 0 Å². The zero-order chi connectivity index (χ0) is 13.8. The molecule has 100 valence electrons. The maximum atomic E-state index is 13.6. The Morgan fingerprint density at radius 1 is 1.21 bits per heavy atom. The van der Waals surface area contributed by atoms with Crippen molar-refractivity contribution < 1.29 is 9.50 Å². The average Bonchev–Trinajstić information content (AvgIpc) is 2.40. The molecule has 0 radical (unpaired) electrons. The highest BCUT2D eigenvalue weighted by atomic mass is 79.9. The lowest BCUT2D eigenvalue weighted by atomic mass is 9.98. The zero-order valence-electron chi connectivity index (χ0n) is 10.7. The predicted molar refractivity (Wildman–Crippen MR) is 78.6 cm³/mol. The minimum atomic E-state index is -0.780. The van der Waals surface area contributed by atoms with Gasteiger partial charge in [-0.15, -0.1) is 0 Å². The fourth-order valence-corrected chi connectivity index (χ4v) is 2.49. The van der Waals surface area contributed by atoms with Gasteiger partial charge < -0.3 is 5.11 Å². The average molecular weight is 323 g/mol. The van der Waals surface area contributed by atoms with Gasteiger partial charge in [-0.05, 0) is 49.1 Å². The molecule has 0 aliphatic rings. The van der Waals surface area contributed by atoms with E-state index in [4.69, 9.17) is 0 Å². The first-order valence-corrected chi connectivity index (χ1v) is 7.05. The summed E-state index contributed by atoms with van der Waals surface area (Å²) in [5.74, 6) is -0.361. The highest BCUT2D eigenvalue weighted by molar-refractivity contribution is 9.10. The van der Waals surface area contributed by atoms with Crippen LogP contribution in [0, 0.1) is 12.7 Å². The predicted octanol–water partition coefficient (Wildman–Crippen LogP) is 4.56. The van der Waals surface area contributed by atoms with Gasteiger partial charge >= 0.3 is 0 Å². The lowest BCUT2D eigenvalue weighted by molar-refractivity contribution is 0.163. The quantitative estimate of drug-likeness (QED) is 0.874. The van der Waals surface area contributed by atoms with E-state index in [1.54, 1.807) is 12.1 Å². The summed E-state index contributed by atoms with van der Waals surface area (Å²) in [6.07, 6.45) is 0.468. The fourth-order valence-electron chi connectivity index (χ4n) is 2.11. The van der Waals surface area contributed by atoms with E-state index in [2.05, 4.69) is 15.9 Å². The molecule has 2 aromatic rings. The van der Waals surface area contributed by atoms with E-state index in [0.717, 1.165) is 10.9 Å². The molecule has 0 aliphatic heterocycles. The monoisotopic (exact) mass is 322 g/mol. The lowest BCUT2D eigenvalue weighted by Gasteiger charge is -2.13. The van der Waals surface area contributed by atoms with Crippen LogP contribution in [-0.2, 0) is 6.42 Å². The molecule has 2 aromatic carbocycles. The van der Waals surface area contributed by atoms with Crippen molar-refractivity contribution >= 4 is 15.9 Å². The van der Waals surface area contributed by atoms with E-state index in [1.165, 1.54) is 17.2 Å². The smallest absolute Gasteiger partial charge is 0.129 e. The van der Waals surface area contributed by atoms with E-state index >= 15 is 0 Å². The number of halogens is 2. The van der Waals surface area contributed by atoms with Crippen molar-refractivity contribution in [3.05, 3.63) is 69.4 Å². The number of hydrogen-bond donors (Lipinski definition) is 1. The molecule has 1 atom stereocenters. The molecule has 0 amide bonds. The van der Waals surface area contributed by atoms with Gasteiger partial charge in [-0.1, -0.05) is 40.2 Å². The summed E-state index contributed by atoms with van der Waals surface area (Å²) in [5, 5.41) is 10.1. The van der Waals surface area contributed by atoms with Crippen LogP contribution >= 0.6 is 15.9 Å². The molecule has 0 spiro atoms. The largest absolute Gasteiger partial charge is 0.388 e. The molecular weight excluding hydrogens is 307 g/mol. The first-order chi connectivity index (χ1) is 9.08. The first kappa shape index (κ1) is 14.2. The van der Waals surface area contributed by atoms with Gasteiger partial charge in [0.05, 0.1) is 6.10 Å². The molecule has 2 rings (SSSR count). The second-order valence-electron chi connectivity index (χ2n) is 4.65. The first-order valence-electron chi connectivity index (χ1n) is 6.25. The minimum Gasteiger partial charge on any atom is -0.388 e. The van der Waals surface area contributed by atoms with Gasteiger partial charge in [0.1, 0.15) is 5.82 Å². The highest BCUT2D eigenvalue weighted by Gasteiger charge is 2.13. The summed E-state index contributed by atoms with van der Waals surface area (Å²) in [5.41, 5.74) is 2.74. The molecule has 1 N–H and O–H groups in total. The van der Waals surface area contributed by atoms with E-state index in [-0.39, 0.29) is 5.82 Å². The Balaban J connectivity index is 2.07. The van der Waals surface area contributed by atoms with Gasteiger partial charge in [0.25, 0.3) is 0 Å². The van der Waals surface area contributed by atoms with Crippen LogP contribution in [-0.4, -0.2) is 5.11 Å². The van der Waals surface area contributed by atoms with Crippen LogP contribution in [0.25, 0.3) is 0 Å². The number of aliphatic hydroxyl groups excluding tert-OH is 1. The van der Waals surface area contributed by atoms with Gasteiger partial charge in [0.2, 0.25) is 0 Å². The normalized spacial score (nSPS) is 12.4. The van der Waals surface area contributed by atoms with Crippen molar-refractivity contribution in [2.75, 3.05) is 0 Å². The number of benzene rings is 2. The third kappa shape index (κ3) is 3.64. The maximum Gasteiger partial charge on any atom is 0.129 e. The van der Waals surface area contributed by atoms with Gasteiger partial charge in [-0.25, -0.2) is 4.39 Å². The lowest BCUT2D eigenvalue weighted by Crippen LogP contribution is -2.03. The van der Waals surface area contributed by atoms with Crippen LogP contribution in [0.5, 0.6) is 0 Å². The zero-order valence-corrected chi connectivity index (χ0v) is 12.3. The molecule has 0 bridgehead atoms. The second-order valence-corrected chi connectivity index (χ2v) is 5.56. The molecule has 1 nitrogen and oxygen atoms in total. The Morgan fingerprint density at radius 2 is 1.95 bits per heavy atom. The number of rotatable bonds is 4. The van der Waals surface area contributed by atoms with Crippen LogP contribution < -0.4 is 0 Å². The van der Waals surface area contributed by atoms with E-state index in [9.17, 15) is 9.50 Å². The SMILES string of the molecule is Cc1ccccc1CCC(O)c1cc(Br)ccc1F. The molecule has 0 saturated heterocycles. The van der Waals surface area contributed by atoms with Crippen LogP contribution in [0.1, 0.15) is 29.2 Å². The number of aliphatic hydroxyl groups is 1. The molecular formula is C16H16BrFO. The van der Waals surface area contributed by atoms with Gasteiger partial charge in [0, 0.05) is 10.0 Å². The van der Waals surface area contributed by atoms with Crippen molar-refractivity contribution in [1.82, 2.24) is 0 Å². The van der Waals surface area contributed by atoms with Crippen molar-refractivity contribution in [2.45, 2.75) is 25.9 Å². The van der Waals surface area contributed by atoms with Gasteiger partial charge in [-0.3, -0.25) is 0 Å². The summed E-state index contributed by atoms with van der Waals surface area (Å²) in [6, 6.07) is 12.7. The maximum absolute atomic E-state index is 13.6. The van der Waals surface area contributed by atoms with Gasteiger partial charge in [0.15, 0.2) is 0 Å². The van der Waals surface area contributed by atoms with E-state index in [1.807, 2.05) is 31.2 Å². The molecule has 19 heavy (non-hydrogen) atoms. The molecule has 0 fully saturated rings. The molecule has 1 unspecified atom stereocenters. The van der Waals surface area contributed by atoms with Crippen LogP contribution in [0.3, 0.4) is 0 Å². The molecule has 0 aliphatic carbocycles. The summed E-state index contributed by atoms with van der Waals surface area (Å²) in [7, 11) is 0. The Kier molecular flexibility index (Phi) is 4.72. The molecule has 0 saturated carbocycles. The summed E-state index contributed by atoms with van der Waals surface area (Å²) < 4.78 is 14.4. The van der Waals surface area contributed by atoms with Crippen molar-refractivity contribution in [2.24, 2.45) is 0 Å². The molecule has 3 heteroatoms. The van der Waals surface area contributed by atoms with Crippen LogP contribution in [0.4, 0.5) is 4.39 Å². The highest BCUT2D eigenvalue weighted by Crippen LogP contribution is 2.25. The standard InChI is InChI=1S/C16H16BrFO/c1-11-4-2-3-5-12(11)6-9-16(19)14-10-13(17)7-8-15(14)18/h2-5,7-8,10,16,19H,6,9H2,1H3. The Labute approximate surface area is 121 Å². The van der Waals surface area contributed by atoms with Crippen LogP contribution in [0.2, 0.25) is 0 Å². The Bertz CT molecular complexity index is 568. The second kappa shape index (κ2) is 6.31. The minimum absolute atomic E-state index is 0.350. The number of aryl methyl sites for hydroxylation is 2. The van der Waals surface area contributed by atoms with E-state index in [0.29, 0.717) is 12.0 Å². The summed E-state index contributed by atoms with van der Waals surface area (Å²) in [4.78, 5) is 0. The van der Waals surface area contributed by atoms with Crippen LogP contribution in [0.15, 0.2) is 46.9 Å². The van der Waals surface area contributed by atoms with Crippen molar-refractivity contribution in [1.29, 1.82) is 0 Å². The molecule has 0 aromatic heterocycles. The topological polar surface area (TPSA) is 20.2 Å².